The minimum atomic E-state index is -0.397. The van der Waals surface area contributed by atoms with Crippen molar-refractivity contribution in [2.75, 3.05) is 11.1 Å². The van der Waals surface area contributed by atoms with E-state index in [2.05, 4.69) is 5.32 Å². The first-order valence-corrected chi connectivity index (χ1v) is 7.79. The normalized spacial score (nSPS) is 12.0. The van der Waals surface area contributed by atoms with E-state index in [1.54, 1.807) is 23.9 Å². The monoisotopic (exact) mass is 303 g/mol. The molecule has 1 N–H and O–H groups in total. The van der Waals surface area contributed by atoms with Crippen molar-refractivity contribution < 1.29 is 9.18 Å². The van der Waals surface area contributed by atoms with Crippen LogP contribution in [0.15, 0.2) is 53.4 Å². The first-order valence-electron chi connectivity index (χ1n) is 6.81. The van der Waals surface area contributed by atoms with Gasteiger partial charge in [-0.05, 0) is 36.8 Å². The summed E-state index contributed by atoms with van der Waals surface area (Å²) in [5.74, 6) is -0.105. The number of carbonyl (C=O) groups is 1. The highest BCUT2D eigenvalue weighted by atomic mass is 32.2. The van der Waals surface area contributed by atoms with Crippen LogP contribution in [0.4, 0.5) is 10.1 Å². The quantitative estimate of drug-likeness (QED) is 0.824. The fourth-order valence-corrected chi connectivity index (χ4v) is 2.73. The van der Waals surface area contributed by atoms with Crippen molar-refractivity contribution in [3.05, 3.63) is 59.9 Å². The van der Waals surface area contributed by atoms with Gasteiger partial charge < -0.3 is 5.32 Å². The molecule has 0 saturated heterocycles. The van der Waals surface area contributed by atoms with Crippen molar-refractivity contribution >= 4 is 23.4 Å². The van der Waals surface area contributed by atoms with Gasteiger partial charge in [0, 0.05) is 16.6 Å². The number of amides is 1. The Labute approximate surface area is 128 Å². The Balaban J connectivity index is 1.90. The van der Waals surface area contributed by atoms with Gasteiger partial charge in [0.05, 0.1) is 5.69 Å². The predicted octanol–water partition coefficient (Wildman–Crippen LogP) is 4.50. The Morgan fingerprint density at radius 2 is 1.95 bits per heavy atom. The van der Waals surface area contributed by atoms with Crippen LogP contribution in [-0.2, 0) is 4.79 Å². The lowest BCUT2D eigenvalue weighted by Crippen LogP contribution is -2.22. The Bertz CT molecular complexity index is 615. The van der Waals surface area contributed by atoms with Crippen LogP contribution < -0.4 is 5.32 Å². The maximum Gasteiger partial charge on any atom is 0.228 e. The minimum absolute atomic E-state index is 0.166. The zero-order valence-electron chi connectivity index (χ0n) is 12.1. The maximum atomic E-state index is 13.7. The van der Waals surface area contributed by atoms with Crippen LogP contribution in [0.5, 0.6) is 0 Å². The largest absolute Gasteiger partial charge is 0.323 e. The number of benzene rings is 2. The van der Waals surface area contributed by atoms with Gasteiger partial charge in [0.25, 0.3) is 0 Å². The zero-order valence-corrected chi connectivity index (χ0v) is 12.9. The van der Waals surface area contributed by atoms with E-state index in [-0.39, 0.29) is 17.5 Å². The molecule has 0 aromatic heterocycles. The third-order valence-electron chi connectivity index (χ3n) is 3.07. The lowest BCUT2D eigenvalue weighted by atomic mass is 10.2. The minimum Gasteiger partial charge on any atom is -0.323 e. The van der Waals surface area contributed by atoms with Crippen molar-refractivity contribution in [1.82, 2.24) is 0 Å². The average molecular weight is 303 g/mol. The summed E-state index contributed by atoms with van der Waals surface area (Å²) in [4.78, 5) is 13.2. The molecule has 0 aliphatic rings. The van der Waals surface area contributed by atoms with Crippen LogP contribution in [0.2, 0.25) is 0 Å². The highest BCUT2D eigenvalue weighted by Gasteiger charge is 2.15. The second kappa shape index (κ2) is 7.27. The molecule has 1 atom stereocenters. The van der Waals surface area contributed by atoms with Crippen LogP contribution in [0, 0.1) is 18.7 Å². The molecule has 21 heavy (non-hydrogen) atoms. The van der Waals surface area contributed by atoms with E-state index in [0.717, 1.165) is 10.5 Å². The molecule has 110 valence electrons. The predicted molar refractivity (Wildman–Crippen MR) is 86.1 cm³/mol. The Morgan fingerprint density at radius 3 is 2.62 bits per heavy atom. The lowest BCUT2D eigenvalue weighted by Gasteiger charge is -2.12. The molecular weight excluding hydrogens is 285 g/mol. The zero-order chi connectivity index (χ0) is 15.2. The van der Waals surface area contributed by atoms with E-state index in [1.165, 1.54) is 6.07 Å². The molecule has 0 fully saturated rings. The van der Waals surface area contributed by atoms with Gasteiger partial charge in [-0.25, -0.2) is 4.39 Å². The smallest absolute Gasteiger partial charge is 0.228 e. The highest BCUT2D eigenvalue weighted by molar-refractivity contribution is 7.99. The number of aryl methyl sites for hydroxylation is 1. The van der Waals surface area contributed by atoms with Gasteiger partial charge in [0.15, 0.2) is 0 Å². The SMILES string of the molecule is Cc1ccc(NC(=O)C(C)CSc2ccccc2)c(F)c1. The summed E-state index contributed by atoms with van der Waals surface area (Å²) in [7, 11) is 0. The van der Waals surface area contributed by atoms with Crippen molar-refractivity contribution in [2.45, 2.75) is 18.7 Å². The van der Waals surface area contributed by atoms with Gasteiger partial charge in [0.2, 0.25) is 5.91 Å². The molecule has 2 nitrogen and oxygen atoms in total. The van der Waals surface area contributed by atoms with Gasteiger partial charge in [0.1, 0.15) is 5.82 Å². The molecule has 0 aliphatic carbocycles. The van der Waals surface area contributed by atoms with Gasteiger partial charge in [-0.15, -0.1) is 11.8 Å². The van der Waals surface area contributed by atoms with E-state index in [1.807, 2.05) is 44.2 Å². The number of hydrogen-bond acceptors (Lipinski definition) is 2. The first-order chi connectivity index (χ1) is 10.1. The molecule has 2 aromatic rings. The standard InChI is InChI=1S/C17H18FNOS/c1-12-8-9-16(15(18)10-12)19-17(20)13(2)11-21-14-6-4-3-5-7-14/h3-10,13H,11H2,1-2H3,(H,19,20). The number of thioether (sulfide) groups is 1. The summed E-state index contributed by atoms with van der Waals surface area (Å²) in [5, 5.41) is 2.65. The summed E-state index contributed by atoms with van der Waals surface area (Å²) >= 11 is 1.62. The van der Waals surface area contributed by atoms with Crippen molar-refractivity contribution in [2.24, 2.45) is 5.92 Å². The number of rotatable bonds is 5. The highest BCUT2D eigenvalue weighted by Crippen LogP contribution is 2.22. The van der Waals surface area contributed by atoms with E-state index in [9.17, 15) is 9.18 Å². The van der Waals surface area contributed by atoms with Crippen LogP contribution >= 0.6 is 11.8 Å². The van der Waals surface area contributed by atoms with Crippen LogP contribution in [0.3, 0.4) is 0 Å². The molecule has 2 rings (SSSR count). The number of nitrogens with one attached hydrogen (secondary N) is 1. The Hall–Kier alpha value is -1.81. The molecule has 0 bridgehead atoms. The van der Waals surface area contributed by atoms with Gasteiger partial charge in [-0.1, -0.05) is 31.2 Å². The Kier molecular flexibility index (Phi) is 5.39. The summed E-state index contributed by atoms with van der Waals surface area (Å²) in [6.45, 7) is 3.66. The Morgan fingerprint density at radius 1 is 1.24 bits per heavy atom. The van der Waals surface area contributed by atoms with E-state index in [4.69, 9.17) is 0 Å². The molecule has 0 spiro atoms. The average Bonchev–Trinajstić information content (AvgIpc) is 2.48. The molecule has 0 aliphatic heterocycles. The summed E-state index contributed by atoms with van der Waals surface area (Å²) in [5.41, 5.74) is 1.07. The first kappa shape index (κ1) is 15.6. The molecule has 2 aromatic carbocycles. The summed E-state index contributed by atoms with van der Waals surface area (Å²) in [6.07, 6.45) is 0. The van der Waals surface area contributed by atoms with Gasteiger partial charge >= 0.3 is 0 Å². The summed E-state index contributed by atoms with van der Waals surface area (Å²) < 4.78 is 13.7. The van der Waals surface area contributed by atoms with Crippen LogP contribution in [0.25, 0.3) is 0 Å². The second-order valence-electron chi connectivity index (χ2n) is 5.00. The van der Waals surface area contributed by atoms with E-state index >= 15 is 0 Å². The second-order valence-corrected chi connectivity index (χ2v) is 6.09. The van der Waals surface area contributed by atoms with E-state index in [0.29, 0.717) is 5.75 Å². The maximum absolute atomic E-state index is 13.7. The number of hydrogen-bond donors (Lipinski definition) is 1. The van der Waals surface area contributed by atoms with Crippen molar-refractivity contribution in [3.63, 3.8) is 0 Å². The molecule has 0 radical (unpaired) electrons. The number of anilines is 1. The molecule has 4 heteroatoms. The fourth-order valence-electron chi connectivity index (χ4n) is 1.79. The lowest BCUT2D eigenvalue weighted by molar-refractivity contribution is -0.118. The molecule has 0 heterocycles. The van der Waals surface area contributed by atoms with Crippen molar-refractivity contribution in [1.29, 1.82) is 0 Å². The summed E-state index contributed by atoms with van der Waals surface area (Å²) in [6, 6.07) is 14.7. The van der Waals surface area contributed by atoms with Crippen molar-refractivity contribution in [3.8, 4) is 0 Å². The molecular formula is C17H18FNOS. The third kappa shape index (κ3) is 4.60. The van der Waals surface area contributed by atoms with Gasteiger partial charge in [-0.3, -0.25) is 4.79 Å². The molecule has 1 unspecified atom stereocenters. The molecule has 0 saturated carbocycles. The van der Waals surface area contributed by atoms with Gasteiger partial charge in [-0.2, -0.15) is 0 Å². The third-order valence-corrected chi connectivity index (χ3v) is 4.35. The van der Waals surface area contributed by atoms with E-state index < -0.39 is 5.82 Å². The van der Waals surface area contributed by atoms with Crippen LogP contribution in [0.1, 0.15) is 12.5 Å². The molecule has 1 amide bonds. The van der Waals surface area contributed by atoms with Crippen LogP contribution in [-0.4, -0.2) is 11.7 Å². The topological polar surface area (TPSA) is 29.1 Å². The number of carbonyl (C=O) groups excluding carboxylic acids is 1. The number of halogens is 1. The fraction of sp³-hybridized carbons (Fsp3) is 0.235.